The van der Waals surface area contributed by atoms with Crippen LogP contribution in [0.2, 0.25) is 0 Å². The first kappa shape index (κ1) is 20.2. The molecule has 3 aromatic carbocycles. The van der Waals surface area contributed by atoms with Gasteiger partial charge in [-0.05, 0) is 76.3 Å². The average Bonchev–Trinajstić information content (AvgIpc) is 3.20. The van der Waals surface area contributed by atoms with Crippen molar-refractivity contribution in [1.82, 2.24) is 4.98 Å². The molecular weight excluding hydrogens is 402 g/mol. The molecule has 0 aliphatic heterocycles. The van der Waals surface area contributed by atoms with Gasteiger partial charge in [0.2, 0.25) is 0 Å². The third-order valence-corrected chi connectivity index (χ3v) is 7.63. The number of para-hydroxylation sites is 1. The Hall–Kier alpha value is -3.39. The quantitative estimate of drug-likeness (QED) is 0.279. The summed E-state index contributed by atoms with van der Waals surface area (Å²) in [7, 11) is 0. The van der Waals surface area contributed by atoms with Crippen molar-refractivity contribution in [3.63, 3.8) is 0 Å². The molecule has 1 aliphatic carbocycles. The van der Waals surface area contributed by atoms with Gasteiger partial charge in [0.05, 0.1) is 5.69 Å². The fourth-order valence-corrected chi connectivity index (χ4v) is 5.47. The Labute approximate surface area is 195 Å². The Morgan fingerprint density at radius 1 is 0.697 bits per heavy atom. The normalized spacial score (nSPS) is 16.7. The van der Waals surface area contributed by atoms with E-state index in [1.165, 1.54) is 35.1 Å². The van der Waals surface area contributed by atoms with E-state index in [-0.39, 0.29) is 10.8 Å². The van der Waals surface area contributed by atoms with Gasteiger partial charge in [-0.1, -0.05) is 70.2 Å². The minimum atomic E-state index is 0.196. The van der Waals surface area contributed by atoms with Crippen LogP contribution in [0.3, 0.4) is 0 Å². The van der Waals surface area contributed by atoms with Crippen LogP contribution in [0, 0.1) is 0 Å². The average molecular weight is 432 g/mol. The van der Waals surface area contributed by atoms with Crippen molar-refractivity contribution < 1.29 is 4.42 Å². The smallest absolute Gasteiger partial charge is 0.144 e. The van der Waals surface area contributed by atoms with Gasteiger partial charge in [0.1, 0.15) is 11.2 Å². The first-order chi connectivity index (χ1) is 15.8. The number of pyridine rings is 1. The van der Waals surface area contributed by atoms with Crippen LogP contribution in [-0.4, -0.2) is 4.98 Å². The SMILES string of the molecule is CC1(C)CCC(C)(C)c2cc(-c3ccc4c(c3)oc3c(-c5ccccn5)cccc34)ccc21. The molecule has 0 radical (unpaired) electrons. The van der Waals surface area contributed by atoms with Crippen molar-refractivity contribution in [3.8, 4) is 22.4 Å². The largest absolute Gasteiger partial charge is 0.455 e. The van der Waals surface area contributed by atoms with Gasteiger partial charge >= 0.3 is 0 Å². The predicted molar refractivity (Wildman–Crippen MR) is 138 cm³/mol. The van der Waals surface area contributed by atoms with Gasteiger partial charge in [-0.15, -0.1) is 0 Å². The van der Waals surface area contributed by atoms with Gasteiger partial charge in [-0.2, -0.15) is 0 Å². The van der Waals surface area contributed by atoms with Gasteiger partial charge in [0, 0.05) is 22.5 Å². The standard InChI is InChI=1S/C31H29NO/c1-30(2)15-16-31(3,4)26-18-20(12-14-25(26)30)21-11-13-22-23-8-7-9-24(27-10-5-6-17-32-27)29(23)33-28(22)19-21/h5-14,17-19H,15-16H2,1-4H3. The Morgan fingerprint density at radius 2 is 1.45 bits per heavy atom. The highest BCUT2D eigenvalue weighted by Gasteiger charge is 2.37. The molecule has 1 aliphatic rings. The van der Waals surface area contributed by atoms with E-state index in [2.05, 4.69) is 87.3 Å². The van der Waals surface area contributed by atoms with Crippen LogP contribution in [0.1, 0.15) is 51.7 Å². The van der Waals surface area contributed by atoms with Crippen molar-refractivity contribution in [1.29, 1.82) is 0 Å². The first-order valence-corrected chi connectivity index (χ1v) is 11.9. The van der Waals surface area contributed by atoms with Crippen LogP contribution in [0.25, 0.3) is 44.3 Å². The van der Waals surface area contributed by atoms with Crippen LogP contribution in [0.5, 0.6) is 0 Å². The molecule has 2 heteroatoms. The van der Waals surface area contributed by atoms with Gasteiger partial charge < -0.3 is 4.42 Å². The van der Waals surface area contributed by atoms with Crippen molar-refractivity contribution in [3.05, 3.63) is 90.1 Å². The van der Waals surface area contributed by atoms with Crippen LogP contribution >= 0.6 is 0 Å². The van der Waals surface area contributed by atoms with E-state index in [4.69, 9.17) is 4.42 Å². The summed E-state index contributed by atoms with van der Waals surface area (Å²) in [5.41, 5.74) is 9.64. The van der Waals surface area contributed by atoms with E-state index >= 15 is 0 Å². The molecule has 0 saturated heterocycles. The Morgan fingerprint density at radius 3 is 2.24 bits per heavy atom. The molecule has 0 fully saturated rings. The molecule has 2 nitrogen and oxygen atoms in total. The lowest BCUT2D eigenvalue weighted by molar-refractivity contribution is 0.332. The highest BCUT2D eigenvalue weighted by Crippen LogP contribution is 2.47. The zero-order chi connectivity index (χ0) is 22.8. The molecule has 0 bridgehead atoms. The summed E-state index contributed by atoms with van der Waals surface area (Å²) in [6.07, 6.45) is 4.28. The molecule has 5 aromatic rings. The molecule has 0 unspecified atom stereocenters. The molecular formula is C31H29NO. The van der Waals surface area contributed by atoms with Crippen molar-refractivity contribution in [2.24, 2.45) is 0 Å². The lowest BCUT2D eigenvalue weighted by Crippen LogP contribution is -2.33. The summed E-state index contributed by atoms with van der Waals surface area (Å²) < 4.78 is 6.45. The lowest BCUT2D eigenvalue weighted by Gasteiger charge is -2.42. The van der Waals surface area contributed by atoms with Gasteiger partial charge in [0.15, 0.2) is 0 Å². The maximum atomic E-state index is 6.45. The van der Waals surface area contributed by atoms with Crippen LogP contribution < -0.4 is 0 Å². The maximum absolute atomic E-state index is 6.45. The number of hydrogen-bond acceptors (Lipinski definition) is 2. The van der Waals surface area contributed by atoms with Crippen LogP contribution in [0.15, 0.2) is 83.4 Å². The Bertz CT molecular complexity index is 1500. The third kappa shape index (κ3) is 3.20. The number of furan rings is 1. The zero-order valence-corrected chi connectivity index (χ0v) is 19.8. The van der Waals surface area contributed by atoms with Crippen molar-refractivity contribution >= 4 is 21.9 Å². The second-order valence-corrected chi connectivity index (χ2v) is 10.7. The molecule has 0 N–H and O–H groups in total. The fraction of sp³-hybridized carbons (Fsp3) is 0.258. The highest BCUT2D eigenvalue weighted by atomic mass is 16.3. The van der Waals surface area contributed by atoms with Crippen molar-refractivity contribution in [2.45, 2.75) is 51.4 Å². The highest BCUT2D eigenvalue weighted by molar-refractivity contribution is 6.10. The number of rotatable bonds is 2. The van der Waals surface area contributed by atoms with Crippen LogP contribution in [-0.2, 0) is 10.8 Å². The topological polar surface area (TPSA) is 26.0 Å². The summed E-state index contributed by atoms with van der Waals surface area (Å²) in [6, 6.07) is 26.0. The van der Waals surface area contributed by atoms with Crippen molar-refractivity contribution in [2.75, 3.05) is 0 Å². The number of nitrogens with zero attached hydrogens (tertiary/aromatic N) is 1. The van der Waals surface area contributed by atoms with E-state index in [1.54, 1.807) is 0 Å². The van der Waals surface area contributed by atoms with Gasteiger partial charge in [0.25, 0.3) is 0 Å². The molecule has 2 aromatic heterocycles. The Kier molecular flexibility index (Phi) is 4.32. The summed E-state index contributed by atoms with van der Waals surface area (Å²) >= 11 is 0. The number of benzene rings is 3. The van der Waals surface area contributed by atoms with E-state index in [0.29, 0.717) is 0 Å². The summed E-state index contributed by atoms with van der Waals surface area (Å²) in [5.74, 6) is 0. The summed E-state index contributed by atoms with van der Waals surface area (Å²) in [5, 5.41) is 2.28. The predicted octanol–water partition coefficient (Wildman–Crippen LogP) is 8.66. The van der Waals surface area contributed by atoms with E-state index in [0.717, 1.165) is 33.2 Å². The zero-order valence-electron chi connectivity index (χ0n) is 19.8. The molecule has 0 atom stereocenters. The molecule has 6 rings (SSSR count). The lowest BCUT2D eigenvalue weighted by atomic mass is 9.63. The summed E-state index contributed by atoms with van der Waals surface area (Å²) in [6.45, 7) is 9.51. The monoisotopic (exact) mass is 431 g/mol. The molecule has 164 valence electrons. The van der Waals surface area contributed by atoms with Gasteiger partial charge in [-0.3, -0.25) is 4.98 Å². The number of fused-ring (bicyclic) bond motifs is 4. The van der Waals surface area contributed by atoms with E-state index < -0.39 is 0 Å². The fourth-order valence-electron chi connectivity index (χ4n) is 5.47. The maximum Gasteiger partial charge on any atom is 0.144 e. The molecule has 0 spiro atoms. The second-order valence-electron chi connectivity index (χ2n) is 10.7. The van der Waals surface area contributed by atoms with E-state index in [1.807, 2.05) is 24.4 Å². The third-order valence-electron chi connectivity index (χ3n) is 7.63. The molecule has 0 saturated carbocycles. The second kappa shape index (κ2) is 7.05. The van der Waals surface area contributed by atoms with E-state index in [9.17, 15) is 0 Å². The molecule has 2 heterocycles. The number of hydrogen-bond donors (Lipinski definition) is 0. The number of aromatic nitrogens is 1. The summed E-state index contributed by atoms with van der Waals surface area (Å²) in [4.78, 5) is 4.54. The molecule has 33 heavy (non-hydrogen) atoms. The first-order valence-electron chi connectivity index (χ1n) is 11.9. The van der Waals surface area contributed by atoms with Crippen LogP contribution in [0.4, 0.5) is 0 Å². The Balaban J connectivity index is 1.50. The minimum Gasteiger partial charge on any atom is -0.455 e. The minimum absolute atomic E-state index is 0.196. The van der Waals surface area contributed by atoms with Gasteiger partial charge in [-0.25, -0.2) is 0 Å². The molecule has 0 amide bonds.